The minimum absolute atomic E-state index is 0.492. The molecule has 18 heavy (non-hydrogen) atoms. The van der Waals surface area contributed by atoms with Gasteiger partial charge in [0.1, 0.15) is 0 Å². The summed E-state index contributed by atoms with van der Waals surface area (Å²) in [5.41, 5.74) is 6.15. The minimum Gasteiger partial charge on any atom is -0.327 e. The molecular weight excluding hydrogens is 222 g/mol. The van der Waals surface area contributed by atoms with Crippen LogP contribution in [-0.2, 0) is 0 Å². The largest absolute Gasteiger partial charge is 0.327 e. The van der Waals surface area contributed by atoms with Gasteiger partial charge in [-0.1, -0.05) is 13.3 Å². The second-order valence-electron chi connectivity index (χ2n) is 6.28. The lowest BCUT2D eigenvalue weighted by molar-refractivity contribution is 0.0963. The van der Waals surface area contributed by atoms with Crippen LogP contribution in [0, 0.1) is 5.92 Å². The summed E-state index contributed by atoms with van der Waals surface area (Å²) >= 11 is 0. The van der Waals surface area contributed by atoms with Crippen molar-refractivity contribution in [3.8, 4) is 0 Å². The molecule has 106 valence electrons. The summed E-state index contributed by atoms with van der Waals surface area (Å²) in [4.78, 5) is 5.28. The lowest BCUT2D eigenvalue weighted by atomic mass is 10.00. The van der Waals surface area contributed by atoms with E-state index in [1.54, 1.807) is 0 Å². The molecule has 3 atom stereocenters. The van der Waals surface area contributed by atoms with Crippen LogP contribution in [0.2, 0.25) is 0 Å². The van der Waals surface area contributed by atoms with E-state index in [0.717, 1.165) is 12.0 Å². The van der Waals surface area contributed by atoms with Crippen LogP contribution in [-0.4, -0.2) is 54.6 Å². The van der Waals surface area contributed by atoms with E-state index < -0.39 is 0 Å². The zero-order valence-electron chi connectivity index (χ0n) is 12.3. The van der Waals surface area contributed by atoms with Crippen LogP contribution in [0.1, 0.15) is 46.0 Å². The van der Waals surface area contributed by atoms with Crippen LogP contribution in [0.3, 0.4) is 0 Å². The highest BCUT2D eigenvalue weighted by Gasteiger charge is 2.25. The Balaban J connectivity index is 1.64. The van der Waals surface area contributed by atoms with Gasteiger partial charge in [0.05, 0.1) is 0 Å². The smallest absolute Gasteiger partial charge is 0.0113 e. The zero-order chi connectivity index (χ0) is 13.0. The first-order valence-electron chi connectivity index (χ1n) is 7.92. The van der Waals surface area contributed by atoms with Crippen molar-refractivity contribution in [3.05, 3.63) is 0 Å². The maximum absolute atomic E-state index is 6.15. The van der Waals surface area contributed by atoms with E-state index in [-0.39, 0.29) is 0 Å². The molecule has 1 saturated heterocycles. The predicted molar refractivity (Wildman–Crippen MR) is 77.7 cm³/mol. The number of hydrogen-bond donors (Lipinski definition) is 1. The summed E-state index contributed by atoms with van der Waals surface area (Å²) in [7, 11) is 0. The van der Waals surface area contributed by atoms with Crippen LogP contribution >= 0.6 is 0 Å². The highest BCUT2D eigenvalue weighted by Crippen LogP contribution is 2.27. The number of nitrogens with two attached hydrogens (primary N) is 1. The van der Waals surface area contributed by atoms with Gasteiger partial charge in [0.2, 0.25) is 0 Å². The Morgan fingerprint density at radius 3 is 2.44 bits per heavy atom. The molecular formula is C15H31N3. The number of nitrogens with zero attached hydrogens (tertiary/aromatic N) is 2. The summed E-state index contributed by atoms with van der Waals surface area (Å²) < 4.78 is 0. The van der Waals surface area contributed by atoms with Gasteiger partial charge in [0.25, 0.3) is 0 Å². The van der Waals surface area contributed by atoms with Crippen LogP contribution in [0.5, 0.6) is 0 Å². The van der Waals surface area contributed by atoms with Crippen molar-refractivity contribution in [1.82, 2.24) is 9.80 Å². The first-order valence-corrected chi connectivity index (χ1v) is 7.92. The first kappa shape index (κ1) is 14.3. The average Bonchev–Trinajstić information content (AvgIpc) is 2.81. The van der Waals surface area contributed by atoms with Crippen molar-refractivity contribution in [2.24, 2.45) is 11.7 Å². The molecule has 0 amide bonds. The molecule has 3 heteroatoms. The Labute approximate surface area is 113 Å². The van der Waals surface area contributed by atoms with Gasteiger partial charge in [0, 0.05) is 38.3 Å². The van der Waals surface area contributed by atoms with E-state index in [4.69, 9.17) is 5.73 Å². The van der Waals surface area contributed by atoms with Crippen LogP contribution in [0.15, 0.2) is 0 Å². The van der Waals surface area contributed by atoms with Crippen molar-refractivity contribution in [1.29, 1.82) is 0 Å². The molecule has 0 aromatic rings. The zero-order valence-corrected chi connectivity index (χ0v) is 12.3. The fourth-order valence-electron chi connectivity index (χ4n) is 3.46. The van der Waals surface area contributed by atoms with Crippen LogP contribution < -0.4 is 5.73 Å². The van der Waals surface area contributed by atoms with Crippen molar-refractivity contribution in [2.45, 2.75) is 58.0 Å². The highest BCUT2D eigenvalue weighted by molar-refractivity contribution is 4.82. The van der Waals surface area contributed by atoms with Gasteiger partial charge in [-0.3, -0.25) is 4.90 Å². The molecule has 2 N–H and O–H groups in total. The fourth-order valence-corrected chi connectivity index (χ4v) is 3.46. The molecule has 0 radical (unpaired) electrons. The quantitative estimate of drug-likeness (QED) is 0.812. The van der Waals surface area contributed by atoms with Crippen molar-refractivity contribution < 1.29 is 0 Å². The maximum Gasteiger partial charge on any atom is 0.0113 e. The molecule has 3 unspecified atom stereocenters. The number of piperazine rings is 1. The second-order valence-corrected chi connectivity index (χ2v) is 6.28. The Kier molecular flexibility index (Phi) is 5.46. The molecule has 1 aliphatic carbocycles. The number of rotatable bonds is 5. The first-order chi connectivity index (χ1) is 8.70. The van der Waals surface area contributed by atoms with E-state index in [1.807, 2.05) is 0 Å². The third kappa shape index (κ3) is 3.69. The predicted octanol–water partition coefficient (Wildman–Crippen LogP) is 1.92. The highest BCUT2D eigenvalue weighted by atomic mass is 15.3. The van der Waals surface area contributed by atoms with E-state index in [0.29, 0.717) is 6.04 Å². The summed E-state index contributed by atoms with van der Waals surface area (Å²) in [6.45, 7) is 10.9. The molecule has 0 bridgehead atoms. The molecule has 1 saturated carbocycles. The fraction of sp³-hybridized carbons (Fsp3) is 1.00. The Morgan fingerprint density at radius 2 is 1.89 bits per heavy atom. The Hall–Kier alpha value is -0.120. The standard InChI is InChI=1S/C15H31N3/c1-3-13(2)18-11-9-17(10-12-18)8-7-14-5-4-6-15(14)16/h13-15H,3-12,16H2,1-2H3. The lowest BCUT2D eigenvalue weighted by Crippen LogP contribution is -2.49. The van der Waals surface area contributed by atoms with Crippen LogP contribution in [0.4, 0.5) is 0 Å². The summed E-state index contributed by atoms with van der Waals surface area (Å²) in [6, 6.07) is 1.25. The van der Waals surface area contributed by atoms with Crippen molar-refractivity contribution in [3.63, 3.8) is 0 Å². The summed E-state index contributed by atoms with van der Waals surface area (Å²) in [5.74, 6) is 0.803. The number of hydrogen-bond acceptors (Lipinski definition) is 3. The van der Waals surface area contributed by atoms with Gasteiger partial charge in [0.15, 0.2) is 0 Å². The van der Waals surface area contributed by atoms with E-state index in [9.17, 15) is 0 Å². The summed E-state index contributed by atoms with van der Waals surface area (Å²) in [6.07, 6.45) is 6.58. The third-order valence-electron chi connectivity index (χ3n) is 5.16. The van der Waals surface area contributed by atoms with E-state index in [2.05, 4.69) is 23.6 Å². The Bertz CT molecular complexity index is 236. The van der Waals surface area contributed by atoms with Gasteiger partial charge < -0.3 is 10.6 Å². The molecule has 1 aliphatic heterocycles. The average molecular weight is 253 g/mol. The molecule has 1 heterocycles. The lowest BCUT2D eigenvalue weighted by Gasteiger charge is -2.38. The third-order valence-corrected chi connectivity index (χ3v) is 5.16. The second kappa shape index (κ2) is 6.88. The maximum atomic E-state index is 6.15. The molecule has 2 rings (SSSR count). The molecule has 0 aromatic heterocycles. The van der Waals surface area contributed by atoms with E-state index >= 15 is 0 Å². The van der Waals surface area contributed by atoms with Crippen molar-refractivity contribution in [2.75, 3.05) is 32.7 Å². The van der Waals surface area contributed by atoms with Gasteiger partial charge in [-0.15, -0.1) is 0 Å². The SMILES string of the molecule is CCC(C)N1CCN(CCC2CCCC2N)CC1. The molecule has 2 fully saturated rings. The Morgan fingerprint density at radius 1 is 1.17 bits per heavy atom. The van der Waals surface area contributed by atoms with E-state index in [1.165, 1.54) is 64.8 Å². The molecule has 0 aromatic carbocycles. The minimum atomic E-state index is 0.492. The molecule has 3 nitrogen and oxygen atoms in total. The van der Waals surface area contributed by atoms with Crippen LogP contribution in [0.25, 0.3) is 0 Å². The topological polar surface area (TPSA) is 32.5 Å². The molecule has 0 spiro atoms. The molecule has 2 aliphatic rings. The summed E-state index contributed by atoms with van der Waals surface area (Å²) in [5, 5.41) is 0. The normalized spacial score (nSPS) is 32.8. The van der Waals surface area contributed by atoms with Gasteiger partial charge in [-0.2, -0.15) is 0 Å². The van der Waals surface area contributed by atoms with Crippen molar-refractivity contribution >= 4 is 0 Å². The van der Waals surface area contributed by atoms with Gasteiger partial charge in [-0.25, -0.2) is 0 Å². The van der Waals surface area contributed by atoms with Gasteiger partial charge in [-0.05, 0) is 45.1 Å². The van der Waals surface area contributed by atoms with Gasteiger partial charge >= 0.3 is 0 Å². The monoisotopic (exact) mass is 253 g/mol.